The van der Waals surface area contributed by atoms with E-state index >= 15 is 0 Å². The average molecular weight is 507 g/mol. The predicted molar refractivity (Wildman–Crippen MR) is 133 cm³/mol. The zero-order chi connectivity index (χ0) is 27.4. The van der Waals surface area contributed by atoms with Crippen LogP contribution in [0.5, 0.6) is 0 Å². The normalized spacial score (nSPS) is 15.2. The highest BCUT2D eigenvalue weighted by Crippen LogP contribution is 2.10. The number of aliphatic carboxylic acids is 2. The van der Waals surface area contributed by atoms with Gasteiger partial charge < -0.3 is 31.9 Å². The highest BCUT2D eigenvalue weighted by molar-refractivity contribution is 5.95. The molecule has 200 valence electrons. The average Bonchev–Trinajstić information content (AvgIpc) is 2.81. The minimum absolute atomic E-state index is 0.0372. The van der Waals surface area contributed by atoms with Crippen molar-refractivity contribution >= 4 is 29.7 Å². The molecule has 0 aliphatic carbocycles. The molecule has 0 radical (unpaired) electrons. The second-order valence-corrected chi connectivity index (χ2v) is 9.35. The maximum atomic E-state index is 13.0. The van der Waals surface area contributed by atoms with Gasteiger partial charge in [-0.15, -0.1) is 0 Å². The Bertz CT molecular complexity index is 907. The van der Waals surface area contributed by atoms with Crippen molar-refractivity contribution in [3.05, 3.63) is 35.9 Å². The first-order valence-electron chi connectivity index (χ1n) is 12.0. The molecular formula is C25H38N4O7. The molecule has 11 heteroatoms. The van der Waals surface area contributed by atoms with Crippen molar-refractivity contribution in [2.75, 3.05) is 0 Å². The number of hydrogen-bond donors (Lipinski definition) is 6. The number of nitrogens with one attached hydrogen (secondary N) is 3. The van der Waals surface area contributed by atoms with Crippen LogP contribution in [0.25, 0.3) is 0 Å². The molecule has 0 bridgehead atoms. The van der Waals surface area contributed by atoms with E-state index < -0.39 is 60.2 Å². The summed E-state index contributed by atoms with van der Waals surface area (Å²) < 4.78 is 0. The predicted octanol–water partition coefficient (Wildman–Crippen LogP) is 0.662. The number of carbonyl (C=O) groups is 5. The van der Waals surface area contributed by atoms with E-state index in [0.29, 0.717) is 12.0 Å². The molecule has 36 heavy (non-hydrogen) atoms. The molecule has 1 rings (SSSR count). The first-order chi connectivity index (χ1) is 16.8. The van der Waals surface area contributed by atoms with Crippen molar-refractivity contribution in [2.45, 2.75) is 77.5 Å². The zero-order valence-electron chi connectivity index (χ0n) is 21.2. The fourth-order valence-electron chi connectivity index (χ4n) is 3.46. The van der Waals surface area contributed by atoms with Gasteiger partial charge in [0.15, 0.2) is 0 Å². The first kappa shape index (κ1) is 30.6. The Labute approximate surface area is 211 Å². The monoisotopic (exact) mass is 506 g/mol. The Balaban J connectivity index is 3.02. The molecule has 0 heterocycles. The molecule has 0 fully saturated rings. The van der Waals surface area contributed by atoms with Gasteiger partial charge in [0.2, 0.25) is 17.7 Å². The topological polar surface area (TPSA) is 188 Å². The standard InChI is InChI=1S/C25H38N4O7/c1-5-15(4)21(26)24(34)28-18(13-20(30)31)23(33)27-17(11-14(2)3)22(32)29-19(25(35)36)12-16-9-7-6-8-10-16/h6-10,14-15,17-19,21H,5,11-13,26H2,1-4H3,(H,27,33)(H,28,34)(H,29,32)(H,30,31)(H,35,36). The van der Waals surface area contributed by atoms with Crippen LogP contribution in [0.3, 0.4) is 0 Å². The molecule has 1 aromatic rings. The van der Waals surface area contributed by atoms with Crippen molar-refractivity contribution in [3.63, 3.8) is 0 Å². The van der Waals surface area contributed by atoms with Crippen molar-refractivity contribution in [3.8, 4) is 0 Å². The summed E-state index contributed by atoms with van der Waals surface area (Å²) in [5.74, 6) is -5.11. The second kappa shape index (κ2) is 14.8. The van der Waals surface area contributed by atoms with Crippen LogP contribution in [-0.2, 0) is 30.4 Å². The van der Waals surface area contributed by atoms with Crippen molar-refractivity contribution in [1.82, 2.24) is 16.0 Å². The van der Waals surface area contributed by atoms with Gasteiger partial charge in [-0.2, -0.15) is 0 Å². The lowest BCUT2D eigenvalue weighted by Gasteiger charge is -2.26. The molecule has 0 aliphatic heterocycles. The molecule has 7 N–H and O–H groups in total. The van der Waals surface area contributed by atoms with Crippen LogP contribution in [0, 0.1) is 11.8 Å². The highest BCUT2D eigenvalue weighted by atomic mass is 16.4. The van der Waals surface area contributed by atoms with Gasteiger partial charge in [-0.1, -0.05) is 64.4 Å². The lowest BCUT2D eigenvalue weighted by molar-refractivity contribution is -0.143. The summed E-state index contributed by atoms with van der Waals surface area (Å²) in [5, 5.41) is 26.2. The summed E-state index contributed by atoms with van der Waals surface area (Å²) >= 11 is 0. The van der Waals surface area contributed by atoms with E-state index in [2.05, 4.69) is 16.0 Å². The maximum absolute atomic E-state index is 13.0. The molecule has 0 aliphatic rings. The molecule has 0 aromatic heterocycles. The van der Waals surface area contributed by atoms with Crippen LogP contribution >= 0.6 is 0 Å². The van der Waals surface area contributed by atoms with E-state index in [1.54, 1.807) is 37.3 Å². The SMILES string of the molecule is CCC(C)C(N)C(=O)NC(CC(=O)O)C(=O)NC(CC(C)C)C(=O)NC(Cc1ccccc1)C(=O)O. The van der Waals surface area contributed by atoms with Crippen LogP contribution < -0.4 is 21.7 Å². The third kappa shape index (κ3) is 10.4. The van der Waals surface area contributed by atoms with E-state index in [4.69, 9.17) is 5.73 Å². The molecule has 5 unspecified atom stereocenters. The maximum Gasteiger partial charge on any atom is 0.326 e. The number of carbonyl (C=O) groups excluding carboxylic acids is 3. The first-order valence-corrected chi connectivity index (χ1v) is 12.0. The molecule has 1 aromatic carbocycles. The minimum Gasteiger partial charge on any atom is -0.481 e. The van der Waals surface area contributed by atoms with Crippen LogP contribution in [0.4, 0.5) is 0 Å². The van der Waals surface area contributed by atoms with Crippen LogP contribution in [-0.4, -0.2) is 64.0 Å². The van der Waals surface area contributed by atoms with Crippen molar-refractivity contribution in [2.24, 2.45) is 17.6 Å². The molecule has 11 nitrogen and oxygen atoms in total. The Morgan fingerprint density at radius 3 is 1.86 bits per heavy atom. The number of amides is 3. The molecule has 3 amide bonds. The Kier molecular flexibility index (Phi) is 12.6. The van der Waals surface area contributed by atoms with Gasteiger partial charge in [0, 0.05) is 6.42 Å². The summed E-state index contributed by atoms with van der Waals surface area (Å²) in [4.78, 5) is 61.6. The van der Waals surface area contributed by atoms with Crippen LogP contribution in [0.1, 0.15) is 52.5 Å². The van der Waals surface area contributed by atoms with Crippen LogP contribution in [0.15, 0.2) is 30.3 Å². The van der Waals surface area contributed by atoms with E-state index in [-0.39, 0.29) is 24.7 Å². The van der Waals surface area contributed by atoms with Gasteiger partial charge in [-0.05, 0) is 23.8 Å². The van der Waals surface area contributed by atoms with Crippen molar-refractivity contribution in [1.29, 1.82) is 0 Å². The smallest absolute Gasteiger partial charge is 0.326 e. The Morgan fingerprint density at radius 2 is 1.36 bits per heavy atom. The highest BCUT2D eigenvalue weighted by Gasteiger charge is 2.32. The molecule has 0 saturated heterocycles. The summed E-state index contributed by atoms with van der Waals surface area (Å²) in [5.41, 5.74) is 6.61. The summed E-state index contributed by atoms with van der Waals surface area (Å²) in [7, 11) is 0. The van der Waals surface area contributed by atoms with Gasteiger partial charge >= 0.3 is 11.9 Å². The summed E-state index contributed by atoms with van der Waals surface area (Å²) in [6.45, 7) is 7.23. The molecule has 5 atom stereocenters. The number of carboxylic acid groups (broad SMARTS) is 2. The Hall–Kier alpha value is -3.47. The third-order valence-corrected chi connectivity index (χ3v) is 5.81. The third-order valence-electron chi connectivity index (χ3n) is 5.81. The number of benzene rings is 1. The lowest BCUT2D eigenvalue weighted by atomic mass is 9.98. The van der Waals surface area contributed by atoms with Gasteiger partial charge in [-0.3, -0.25) is 19.2 Å². The van der Waals surface area contributed by atoms with Gasteiger partial charge in [-0.25, -0.2) is 4.79 Å². The van der Waals surface area contributed by atoms with E-state index in [1.807, 2.05) is 20.8 Å². The van der Waals surface area contributed by atoms with Gasteiger partial charge in [0.25, 0.3) is 0 Å². The number of hydrogen-bond acceptors (Lipinski definition) is 6. The molecule has 0 saturated carbocycles. The second-order valence-electron chi connectivity index (χ2n) is 9.35. The van der Waals surface area contributed by atoms with E-state index in [0.717, 1.165) is 0 Å². The van der Waals surface area contributed by atoms with E-state index in [9.17, 15) is 34.2 Å². The van der Waals surface area contributed by atoms with Gasteiger partial charge in [0.05, 0.1) is 12.5 Å². The summed E-state index contributed by atoms with van der Waals surface area (Å²) in [6.07, 6.45) is 0.0894. The quantitative estimate of drug-likeness (QED) is 0.200. The number of carboxylic acids is 2. The summed E-state index contributed by atoms with van der Waals surface area (Å²) in [6, 6.07) is 3.96. The fraction of sp³-hybridized carbons (Fsp3) is 0.560. The fourth-order valence-corrected chi connectivity index (χ4v) is 3.46. The molecular weight excluding hydrogens is 468 g/mol. The Morgan fingerprint density at radius 1 is 0.833 bits per heavy atom. The lowest BCUT2D eigenvalue weighted by Crippen LogP contribution is -2.58. The number of nitrogens with two attached hydrogens (primary N) is 1. The molecule has 0 spiro atoms. The number of rotatable bonds is 15. The zero-order valence-corrected chi connectivity index (χ0v) is 21.2. The minimum atomic E-state index is -1.47. The van der Waals surface area contributed by atoms with Gasteiger partial charge in [0.1, 0.15) is 18.1 Å². The largest absolute Gasteiger partial charge is 0.481 e. The van der Waals surface area contributed by atoms with Crippen molar-refractivity contribution < 1.29 is 34.2 Å². The van der Waals surface area contributed by atoms with E-state index in [1.165, 1.54) is 0 Å². The van der Waals surface area contributed by atoms with Crippen LogP contribution in [0.2, 0.25) is 0 Å².